The molecule has 0 amide bonds. The third kappa shape index (κ3) is 1.50. The Morgan fingerprint density at radius 1 is 1.28 bits per heavy atom. The Hall–Kier alpha value is -0.790. The quantitative estimate of drug-likeness (QED) is 0.712. The molecule has 0 aliphatic heterocycles. The average Bonchev–Trinajstić information content (AvgIpc) is 2.88. The van der Waals surface area contributed by atoms with Gasteiger partial charge in [0.15, 0.2) is 0 Å². The summed E-state index contributed by atoms with van der Waals surface area (Å²) in [5.74, 6) is 0.586. The maximum atomic E-state index is 11.5. The summed E-state index contributed by atoms with van der Waals surface area (Å²) in [6.45, 7) is 6.85. The van der Waals surface area contributed by atoms with Gasteiger partial charge < -0.3 is 5.11 Å². The zero-order chi connectivity index (χ0) is 13.1. The van der Waals surface area contributed by atoms with Gasteiger partial charge in [0.1, 0.15) is 0 Å². The van der Waals surface area contributed by atoms with E-state index in [1.165, 1.54) is 18.4 Å². The van der Waals surface area contributed by atoms with E-state index in [0.29, 0.717) is 17.3 Å². The molecule has 0 aromatic carbocycles. The second kappa shape index (κ2) is 3.61. The number of allylic oxidation sites excluding steroid dienone is 2. The van der Waals surface area contributed by atoms with Gasteiger partial charge in [-0.2, -0.15) is 0 Å². The smallest absolute Gasteiger partial charge is 0.309 e. The second-order valence-corrected chi connectivity index (χ2v) is 7.34. The molecule has 2 nitrogen and oxygen atoms in total. The van der Waals surface area contributed by atoms with Crippen LogP contribution in [-0.2, 0) is 4.79 Å². The molecule has 0 aromatic heterocycles. The van der Waals surface area contributed by atoms with Gasteiger partial charge in [0, 0.05) is 0 Å². The second-order valence-electron chi connectivity index (χ2n) is 7.34. The average molecular weight is 248 g/mol. The van der Waals surface area contributed by atoms with Gasteiger partial charge in [-0.1, -0.05) is 18.1 Å². The molecule has 18 heavy (non-hydrogen) atoms. The zero-order valence-corrected chi connectivity index (χ0v) is 11.8. The summed E-state index contributed by atoms with van der Waals surface area (Å²) in [5, 5.41) is 9.47. The van der Waals surface area contributed by atoms with E-state index in [1.807, 2.05) is 0 Å². The van der Waals surface area contributed by atoms with E-state index < -0.39 is 5.97 Å². The number of carboxylic acid groups (broad SMARTS) is 1. The number of hydrogen-bond donors (Lipinski definition) is 1. The van der Waals surface area contributed by atoms with Crippen LogP contribution in [0.15, 0.2) is 11.1 Å². The van der Waals surface area contributed by atoms with E-state index in [-0.39, 0.29) is 5.41 Å². The minimum absolute atomic E-state index is 0.333. The normalized spacial score (nSPS) is 46.1. The number of aliphatic carboxylic acids is 1. The summed E-state index contributed by atoms with van der Waals surface area (Å²) >= 11 is 0. The van der Waals surface area contributed by atoms with Crippen LogP contribution >= 0.6 is 0 Å². The van der Waals surface area contributed by atoms with Crippen LogP contribution in [0.1, 0.15) is 59.3 Å². The summed E-state index contributed by atoms with van der Waals surface area (Å²) < 4.78 is 0. The van der Waals surface area contributed by atoms with Gasteiger partial charge in [0.25, 0.3) is 0 Å². The van der Waals surface area contributed by atoms with Gasteiger partial charge in [0.2, 0.25) is 0 Å². The molecule has 4 atom stereocenters. The predicted octanol–water partition coefficient (Wildman–Crippen LogP) is 4.01. The Bertz CT molecular complexity index is 432. The lowest BCUT2D eigenvalue weighted by Gasteiger charge is -2.31. The van der Waals surface area contributed by atoms with Crippen molar-refractivity contribution in [1.82, 2.24) is 0 Å². The van der Waals surface area contributed by atoms with E-state index in [0.717, 1.165) is 25.7 Å². The number of carbonyl (C=O) groups is 1. The van der Waals surface area contributed by atoms with Gasteiger partial charge >= 0.3 is 5.97 Å². The molecule has 3 saturated carbocycles. The van der Waals surface area contributed by atoms with Crippen molar-refractivity contribution in [2.75, 3.05) is 0 Å². The van der Waals surface area contributed by atoms with Gasteiger partial charge in [-0.25, -0.2) is 0 Å². The molecule has 0 heterocycles. The molecule has 3 aliphatic rings. The molecule has 0 saturated heterocycles. The highest BCUT2D eigenvalue weighted by Crippen LogP contribution is 2.68. The van der Waals surface area contributed by atoms with E-state index >= 15 is 0 Å². The van der Waals surface area contributed by atoms with Crippen LogP contribution in [-0.4, -0.2) is 11.1 Å². The van der Waals surface area contributed by atoms with Crippen molar-refractivity contribution in [3.63, 3.8) is 0 Å². The standard InChI is InChI=1S/C16H24O2/c1-10(2)12-4-6-15(3)8-11-9-16(11,14(17)18)7-5-13(12)15/h11,13H,4-9H2,1-3H3,(H,17,18)/t11-,13+,15-,16-/m1/s1. The molecule has 100 valence electrons. The van der Waals surface area contributed by atoms with E-state index in [9.17, 15) is 9.90 Å². The van der Waals surface area contributed by atoms with Crippen LogP contribution in [0.25, 0.3) is 0 Å². The minimum Gasteiger partial charge on any atom is -0.481 e. The van der Waals surface area contributed by atoms with Crippen LogP contribution in [0.2, 0.25) is 0 Å². The highest BCUT2D eigenvalue weighted by Gasteiger charge is 2.64. The number of carboxylic acids is 1. The Morgan fingerprint density at radius 3 is 2.61 bits per heavy atom. The van der Waals surface area contributed by atoms with Crippen LogP contribution in [0.5, 0.6) is 0 Å². The fourth-order valence-electron chi connectivity index (χ4n) is 4.84. The third-order valence-electron chi connectivity index (χ3n) is 6.12. The van der Waals surface area contributed by atoms with E-state index in [1.54, 1.807) is 5.57 Å². The van der Waals surface area contributed by atoms with Gasteiger partial charge in [-0.05, 0) is 69.6 Å². The molecule has 0 aromatic rings. The fraction of sp³-hybridized carbons (Fsp3) is 0.812. The van der Waals surface area contributed by atoms with Gasteiger partial charge in [-0.15, -0.1) is 0 Å². The molecular weight excluding hydrogens is 224 g/mol. The first-order valence-electron chi connectivity index (χ1n) is 7.29. The largest absolute Gasteiger partial charge is 0.481 e. The maximum Gasteiger partial charge on any atom is 0.309 e. The molecule has 3 aliphatic carbocycles. The summed E-state index contributed by atoms with van der Waals surface area (Å²) in [4.78, 5) is 11.5. The summed E-state index contributed by atoms with van der Waals surface area (Å²) in [6, 6.07) is 0. The Kier molecular flexibility index (Phi) is 2.46. The van der Waals surface area contributed by atoms with Gasteiger partial charge in [0.05, 0.1) is 5.41 Å². The molecule has 1 N–H and O–H groups in total. The number of rotatable bonds is 1. The predicted molar refractivity (Wildman–Crippen MR) is 71.2 cm³/mol. The summed E-state index contributed by atoms with van der Waals surface area (Å²) in [5.41, 5.74) is 3.16. The summed E-state index contributed by atoms with van der Waals surface area (Å²) in [7, 11) is 0. The van der Waals surface area contributed by atoms with E-state index in [2.05, 4.69) is 20.8 Å². The van der Waals surface area contributed by atoms with Crippen molar-refractivity contribution in [1.29, 1.82) is 0 Å². The molecule has 3 rings (SSSR count). The first-order valence-corrected chi connectivity index (χ1v) is 7.29. The third-order valence-corrected chi connectivity index (χ3v) is 6.12. The Balaban J connectivity index is 1.91. The lowest BCUT2D eigenvalue weighted by atomic mass is 9.73. The topological polar surface area (TPSA) is 37.3 Å². The molecule has 3 fully saturated rings. The minimum atomic E-state index is -0.533. The zero-order valence-electron chi connectivity index (χ0n) is 11.8. The van der Waals surface area contributed by atoms with Crippen molar-refractivity contribution in [3.05, 3.63) is 11.1 Å². The van der Waals surface area contributed by atoms with E-state index in [4.69, 9.17) is 0 Å². The molecular formula is C16H24O2. The van der Waals surface area contributed by atoms with Crippen LogP contribution in [0.4, 0.5) is 0 Å². The Labute approximate surface area is 109 Å². The van der Waals surface area contributed by atoms with Crippen molar-refractivity contribution >= 4 is 5.97 Å². The van der Waals surface area contributed by atoms with Crippen molar-refractivity contribution < 1.29 is 9.90 Å². The lowest BCUT2D eigenvalue weighted by molar-refractivity contribution is -0.144. The SMILES string of the molecule is CC(C)=C1CC[C@]2(C)C[C@@H]3C[C@]3(C(=O)O)CC[C@@H]12. The first kappa shape index (κ1) is 12.3. The molecule has 2 heteroatoms. The van der Waals surface area contributed by atoms with Crippen molar-refractivity contribution in [3.8, 4) is 0 Å². The molecule has 0 bridgehead atoms. The van der Waals surface area contributed by atoms with Crippen molar-refractivity contribution in [2.24, 2.45) is 22.7 Å². The first-order chi connectivity index (χ1) is 8.39. The molecule has 0 radical (unpaired) electrons. The fourth-order valence-corrected chi connectivity index (χ4v) is 4.84. The highest BCUT2D eigenvalue weighted by molar-refractivity contribution is 5.78. The number of fused-ring (bicyclic) bond motifs is 2. The summed E-state index contributed by atoms with van der Waals surface area (Å²) in [6.07, 6.45) is 6.60. The van der Waals surface area contributed by atoms with Crippen LogP contribution in [0, 0.1) is 22.7 Å². The lowest BCUT2D eigenvalue weighted by Crippen LogP contribution is -2.22. The van der Waals surface area contributed by atoms with Crippen LogP contribution < -0.4 is 0 Å². The van der Waals surface area contributed by atoms with Crippen molar-refractivity contribution in [2.45, 2.75) is 59.3 Å². The molecule has 0 spiro atoms. The number of hydrogen-bond acceptors (Lipinski definition) is 1. The molecule has 0 unspecified atom stereocenters. The maximum absolute atomic E-state index is 11.5. The van der Waals surface area contributed by atoms with Crippen LogP contribution in [0.3, 0.4) is 0 Å². The monoisotopic (exact) mass is 248 g/mol. The highest BCUT2D eigenvalue weighted by atomic mass is 16.4. The van der Waals surface area contributed by atoms with Gasteiger partial charge in [-0.3, -0.25) is 4.79 Å². The Morgan fingerprint density at radius 2 is 2.00 bits per heavy atom.